The Labute approximate surface area is 211 Å². The van der Waals surface area contributed by atoms with Crippen LogP contribution in [0.3, 0.4) is 0 Å². The monoisotopic (exact) mass is 477 g/mol. The predicted octanol–water partition coefficient (Wildman–Crippen LogP) is 6.47. The average molecular weight is 478 g/mol. The number of nitrogens with zero attached hydrogens (tertiary/aromatic N) is 2. The molecule has 0 aliphatic carbocycles. The smallest absolute Gasteiger partial charge is 0.245 e. The van der Waals surface area contributed by atoms with Crippen molar-refractivity contribution in [2.45, 2.75) is 113 Å². The van der Waals surface area contributed by atoms with E-state index < -0.39 is 11.1 Å². The Morgan fingerprint density at radius 3 is 1.76 bits per heavy atom. The molecule has 1 N–H and O–H groups in total. The van der Waals surface area contributed by atoms with Gasteiger partial charge in [0.1, 0.15) is 6.04 Å². The van der Waals surface area contributed by atoms with Crippen LogP contribution < -0.4 is 5.32 Å². The van der Waals surface area contributed by atoms with E-state index in [-0.39, 0.29) is 17.9 Å². The van der Waals surface area contributed by atoms with Crippen molar-refractivity contribution in [1.82, 2.24) is 15.1 Å². The van der Waals surface area contributed by atoms with Crippen LogP contribution in [0.2, 0.25) is 0 Å². The van der Waals surface area contributed by atoms with Gasteiger partial charge in [0.15, 0.2) is 0 Å². The summed E-state index contributed by atoms with van der Waals surface area (Å²) in [6, 6.07) is 9.62. The first-order valence-electron chi connectivity index (χ1n) is 13.0. The highest BCUT2D eigenvalue weighted by Crippen LogP contribution is 2.30. The lowest BCUT2D eigenvalue weighted by Gasteiger charge is -2.40. The minimum Gasteiger partial charge on any atom is -0.335 e. The van der Waals surface area contributed by atoms with E-state index in [0.717, 1.165) is 18.4 Å². The van der Waals surface area contributed by atoms with E-state index in [1.165, 1.54) is 0 Å². The zero-order valence-corrected chi connectivity index (χ0v) is 24.8. The summed E-state index contributed by atoms with van der Waals surface area (Å²) in [5.74, 6) is -0.0108. The van der Waals surface area contributed by atoms with Gasteiger partial charge >= 0.3 is 0 Å². The molecule has 1 saturated heterocycles. The van der Waals surface area contributed by atoms with Crippen LogP contribution in [0.4, 0.5) is 0 Å². The van der Waals surface area contributed by atoms with Crippen LogP contribution in [0.25, 0.3) is 0 Å². The van der Waals surface area contributed by atoms with Crippen LogP contribution in [0.15, 0.2) is 30.3 Å². The molecule has 2 rings (SSSR count). The molecule has 34 heavy (non-hydrogen) atoms. The first-order valence-corrected chi connectivity index (χ1v) is 13.0. The number of hydrogen-bond donors (Lipinski definition) is 1. The minimum atomic E-state index is -0.670. The summed E-state index contributed by atoms with van der Waals surface area (Å²) in [5.41, 5.74) is 0.474. The van der Waals surface area contributed by atoms with Crippen LogP contribution in [-0.2, 0) is 15.1 Å². The zero-order chi connectivity index (χ0) is 27.3. The fraction of sp³-hybridized carbons (Fsp3) is 0.724. The summed E-state index contributed by atoms with van der Waals surface area (Å²) in [6.07, 6.45) is 1.58. The molecule has 1 fully saturated rings. The number of hydrogen-bond acceptors (Lipinski definition) is 3. The third kappa shape index (κ3) is 10.6. The standard InChI is InChI=1S/C20H31N3O2.C5H12.2C2H6/c1-19(2,21-5)18(25)23-14-10-13-16(23)17(24)22(6)20(3,4)15-11-8-7-9-12-15;1-5(2,3)4;2*1-2/h7-9,11-12,16,21H,10,13-14H2,1-6H3;1-4H3;2*1-2H3. The van der Waals surface area contributed by atoms with Gasteiger partial charge in [-0.15, -0.1) is 0 Å². The van der Waals surface area contributed by atoms with Crippen molar-refractivity contribution in [2.24, 2.45) is 5.41 Å². The number of carbonyl (C=O) groups excluding carboxylic acids is 2. The molecule has 2 amide bonds. The number of carbonyl (C=O) groups is 2. The first kappa shape index (κ1) is 34.3. The molecule has 0 aromatic heterocycles. The van der Waals surface area contributed by atoms with E-state index in [9.17, 15) is 9.59 Å². The van der Waals surface area contributed by atoms with Crippen LogP contribution in [0, 0.1) is 5.41 Å². The molecule has 1 aliphatic rings. The van der Waals surface area contributed by atoms with Crippen molar-refractivity contribution >= 4 is 11.8 Å². The molecule has 0 spiro atoms. The summed E-state index contributed by atoms with van der Waals surface area (Å²) >= 11 is 0. The van der Waals surface area contributed by atoms with Gasteiger partial charge in [0.2, 0.25) is 11.8 Å². The van der Waals surface area contributed by atoms with Crippen LogP contribution in [-0.4, -0.2) is 53.8 Å². The molecular weight excluding hydrogens is 422 g/mol. The molecule has 198 valence electrons. The number of likely N-dealkylation sites (N-methyl/N-ethyl adjacent to an activating group) is 2. The second kappa shape index (κ2) is 15.2. The van der Waals surface area contributed by atoms with E-state index in [4.69, 9.17) is 0 Å². The summed E-state index contributed by atoms with van der Waals surface area (Å²) in [6.45, 7) is 25.2. The Morgan fingerprint density at radius 1 is 0.912 bits per heavy atom. The third-order valence-corrected chi connectivity index (χ3v) is 5.61. The highest BCUT2D eigenvalue weighted by molar-refractivity contribution is 5.92. The zero-order valence-electron chi connectivity index (χ0n) is 24.8. The van der Waals surface area contributed by atoms with E-state index in [1.54, 1.807) is 16.8 Å². The molecule has 1 aromatic rings. The maximum atomic E-state index is 13.2. The van der Waals surface area contributed by atoms with Gasteiger partial charge in [0.25, 0.3) is 0 Å². The van der Waals surface area contributed by atoms with Gasteiger partial charge in [-0.3, -0.25) is 9.59 Å². The van der Waals surface area contributed by atoms with Gasteiger partial charge in [0, 0.05) is 13.6 Å². The maximum Gasteiger partial charge on any atom is 0.245 e. The van der Waals surface area contributed by atoms with Crippen molar-refractivity contribution in [1.29, 1.82) is 0 Å². The second-order valence-corrected chi connectivity index (χ2v) is 10.9. The summed E-state index contributed by atoms with van der Waals surface area (Å²) < 4.78 is 0. The Balaban J connectivity index is 0. The van der Waals surface area contributed by atoms with Gasteiger partial charge in [-0.25, -0.2) is 0 Å². The Morgan fingerprint density at radius 2 is 1.35 bits per heavy atom. The quantitative estimate of drug-likeness (QED) is 0.528. The molecule has 0 radical (unpaired) electrons. The lowest BCUT2D eigenvalue weighted by Crippen LogP contribution is -2.58. The average Bonchev–Trinajstić information content (AvgIpc) is 3.29. The van der Waals surface area contributed by atoms with Crippen molar-refractivity contribution in [3.05, 3.63) is 35.9 Å². The molecule has 1 unspecified atom stereocenters. The van der Waals surface area contributed by atoms with E-state index in [0.29, 0.717) is 12.0 Å². The number of amides is 2. The molecular formula is C29H55N3O2. The topological polar surface area (TPSA) is 52.7 Å². The molecule has 0 saturated carbocycles. The van der Waals surface area contributed by atoms with E-state index in [2.05, 4.69) is 33.0 Å². The van der Waals surface area contributed by atoms with Crippen molar-refractivity contribution in [3.8, 4) is 0 Å². The Bertz CT molecular complexity index is 700. The summed E-state index contributed by atoms with van der Waals surface area (Å²) in [4.78, 5) is 29.6. The van der Waals surface area contributed by atoms with Gasteiger partial charge in [-0.05, 0) is 58.6 Å². The summed E-state index contributed by atoms with van der Waals surface area (Å²) in [5, 5.41) is 3.05. The van der Waals surface area contributed by atoms with Crippen molar-refractivity contribution in [3.63, 3.8) is 0 Å². The maximum absolute atomic E-state index is 13.2. The highest BCUT2D eigenvalue weighted by atomic mass is 16.2. The van der Waals surface area contributed by atoms with Gasteiger partial charge in [0.05, 0.1) is 11.1 Å². The molecule has 5 nitrogen and oxygen atoms in total. The number of nitrogens with one attached hydrogen (secondary N) is 1. The second-order valence-electron chi connectivity index (χ2n) is 10.9. The van der Waals surface area contributed by atoms with Crippen molar-refractivity contribution < 1.29 is 9.59 Å². The normalized spacial score (nSPS) is 15.6. The molecule has 1 aromatic carbocycles. The van der Waals surface area contributed by atoms with Crippen LogP contribution in [0.5, 0.6) is 0 Å². The summed E-state index contributed by atoms with van der Waals surface area (Å²) in [7, 11) is 3.61. The molecule has 1 heterocycles. The van der Waals surface area contributed by atoms with Gasteiger partial charge in [-0.1, -0.05) is 85.7 Å². The molecule has 5 heteroatoms. The SMILES string of the molecule is CC.CC.CC(C)(C)C.CNC(C)(C)C(=O)N1CCCC1C(=O)N(C)C(C)(C)c1ccccc1. The van der Waals surface area contributed by atoms with Gasteiger partial charge in [-0.2, -0.15) is 0 Å². The molecule has 1 aliphatic heterocycles. The largest absolute Gasteiger partial charge is 0.335 e. The predicted molar refractivity (Wildman–Crippen MR) is 148 cm³/mol. The van der Waals surface area contributed by atoms with Crippen molar-refractivity contribution in [2.75, 3.05) is 20.6 Å². The molecule has 1 atom stereocenters. The fourth-order valence-electron chi connectivity index (χ4n) is 3.27. The number of likely N-dealkylation sites (tertiary alicyclic amines) is 1. The Hall–Kier alpha value is -1.88. The van der Waals surface area contributed by atoms with Crippen LogP contribution in [0.1, 0.15) is 101 Å². The Kier molecular flexibility index (Phi) is 15.3. The highest BCUT2D eigenvalue weighted by Gasteiger charge is 2.43. The van der Waals surface area contributed by atoms with E-state index >= 15 is 0 Å². The first-order chi connectivity index (χ1) is 15.6. The third-order valence-electron chi connectivity index (χ3n) is 5.61. The number of rotatable bonds is 5. The van der Waals surface area contributed by atoms with Crippen LogP contribution >= 0.6 is 0 Å². The van der Waals surface area contributed by atoms with E-state index in [1.807, 2.05) is 92.8 Å². The lowest BCUT2D eigenvalue weighted by atomic mass is 9.92. The minimum absolute atomic E-state index is 0.00612. The van der Waals surface area contributed by atoms with Gasteiger partial charge < -0.3 is 15.1 Å². The number of benzene rings is 1. The fourth-order valence-corrected chi connectivity index (χ4v) is 3.27. The molecule has 0 bridgehead atoms. The lowest BCUT2D eigenvalue weighted by molar-refractivity contribution is -0.148.